The van der Waals surface area contributed by atoms with Crippen molar-refractivity contribution >= 4 is 11.8 Å². The lowest BCUT2D eigenvalue weighted by atomic mass is 10.0. The Morgan fingerprint density at radius 3 is 2.69 bits per heavy atom. The first-order valence-corrected chi connectivity index (χ1v) is 7.16. The first-order chi connectivity index (χ1) is 7.77. The van der Waals surface area contributed by atoms with Crippen LogP contribution in [0.25, 0.3) is 0 Å². The monoisotopic (exact) mass is 239 g/mol. The van der Waals surface area contributed by atoms with Crippen LogP contribution in [0.3, 0.4) is 0 Å². The van der Waals surface area contributed by atoms with Gasteiger partial charge in [-0.1, -0.05) is 19.3 Å². The number of nitrogens with two attached hydrogens (primary N) is 1. The SMILES string of the molecule is CC(N)C(SC1CCCCC1)c1ccco1. The van der Waals surface area contributed by atoms with Crippen LogP contribution in [0.1, 0.15) is 50.0 Å². The first kappa shape index (κ1) is 12.1. The van der Waals surface area contributed by atoms with Gasteiger partial charge in [-0.25, -0.2) is 0 Å². The molecule has 16 heavy (non-hydrogen) atoms. The fourth-order valence-corrected chi connectivity index (χ4v) is 3.85. The molecular formula is C13H21NOS. The standard InChI is InChI=1S/C13H21NOS/c1-10(14)13(12-8-5-9-15-12)16-11-6-3-2-4-7-11/h5,8-11,13H,2-4,6-7,14H2,1H3. The van der Waals surface area contributed by atoms with Gasteiger partial charge in [0.05, 0.1) is 11.5 Å². The number of rotatable bonds is 4. The molecule has 3 heteroatoms. The third-order valence-electron chi connectivity index (χ3n) is 3.19. The molecule has 1 fully saturated rings. The van der Waals surface area contributed by atoms with Crippen molar-refractivity contribution in [1.29, 1.82) is 0 Å². The summed E-state index contributed by atoms with van der Waals surface area (Å²) in [6.07, 6.45) is 8.58. The molecule has 90 valence electrons. The summed E-state index contributed by atoms with van der Waals surface area (Å²) < 4.78 is 5.50. The van der Waals surface area contributed by atoms with Gasteiger partial charge in [0.2, 0.25) is 0 Å². The fraction of sp³-hybridized carbons (Fsp3) is 0.692. The lowest BCUT2D eigenvalue weighted by molar-refractivity contribution is 0.479. The summed E-state index contributed by atoms with van der Waals surface area (Å²) >= 11 is 2.01. The molecule has 0 spiro atoms. The number of hydrogen-bond donors (Lipinski definition) is 1. The second-order valence-corrected chi connectivity index (χ2v) is 6.14. The van der Waals surface area contributed by atoms with Gasteiger partial charge in [0, 0.05) is 11.3 Å². The van der Waals surface area contributed by atoms with Crippen molar-refractivity contribution in [2.75, 3.05) is 0 Å². The maximum Gasteiger partial charge on any atom is 0.118 e. The predicted octanol–water partition coefficient (Wildman–Crippen LogP) is 3.73. The predicted molar refractivity (Wildman–Crippen MR) is 69.6 cm³/mol. The Bertz CT molecular complexity index is 291. The molecule has 2 N–H and O–H groups in total. The Balaban J connectivity index is 1.97. The Labute approximate surface area is 102 Å². The van der Waals surface area contributed by atoms with Crippen LogP contribution in [0, 0.1) is 0 Å². The summed E-state index contributed by atoms with van der Waals surface area (Å²) in [6, 6.07) is 4.15. The molecule has 2 unspecified atom stereocenters. The van der Waals surface area contributed by atoms with Gasteiger partial charge in [-0.3, -0.25) is 0 Å². The van der Waals surface area contributed by atoms with Crippen molar-refractivity contribution in [2.24, 2.45) is 5.73 Å². The molecule has 0 amide bonds. The van der Waals surface area contributed by atoms with E-state index in [1.165, 1.54) is 32.1 Å². The summed E-state index contributed by atoms with van der Waals surface area (Å²) in [7, 11) is 0. The number of furan rings is 1. The minimum Gasteiger partial charge on any atom is -0.468 e. The number of hydrogen-bond acceptors (Lipinski definition) is 3. The van der Waals surface area contributed by atoms with Gasteiger partial charge < -0.3 is 10.2 Å². The van der Waals surface area contributed by atoms with E-state index >= 15 is 0 Å². The lowest BCUT2D eigenvalue weighted by Gasteiger charge is -2.27. The highest BCUT2D eigenvalue weighted by molar-refractivity contribution is 8.00. The molecule has 1 aromatic rings. The van der Waals surface area contributed by atoms with Crippen LogP contribution >= 0.6 is 11.8 Å². The first-order valence-electron chi connectivity index (χ1n) is 6.22. The molecule has 0 aromatic carbocycles. The Morgan fingerprint density at radius 2 is 2.12 bits per heavy atom. The van der Waals surface area contributed by atoms with Crippen LogP contribution in [-0.4, -0.2) is 11.3 Å². The van der Waals surface area contributed by atoms with Gasteiger partial charge in [0.1, 0.15) is 5.76 Å². The molecule has 2 rings (SSSR count). The topological polar surface area (TPSA) is 39.2 Å². The van der Waals surface area contributed by atoms with Crippen LogP contribution in [-0.2, 0) is 0 Å². The van der Waals surface area contributed by atoms with Gasteiger partial charge in [-0.15, -0.1) is 11.8 Å². The van der Waals surface area contributed by atoms with E-state index in [4.69, 9.17) is 10.2 Å². The summed E-state index contributed by atoms with van der Waals surface area (Å²) in [5.41, 5.74) is 6.06. The molecular weight excluding hydrogens is 218 g/mol. The highest BCUT2D eigenvalue weighted by Crippen LogP contribution is 2.40. The second-order valence-electron chi connectivity index (χ2n) is 4.69. The summed E-state index contributed by atoms with van der Waals surface area (Å²) in [6.45, 7) is 2.07. The van der Waals surface area contributed by atoms with Crippen molar-refractivity contribution < 1.29 is 4.42 Å². The van der Waals surface area contributed by atoms with Gasteiger partial charge in [0.15, 0.2) is 0 Å². The van der Waals surface area contributed by atoms with E-state index in [0.717, 1.165) is 11.0 Å². The van der Waals surface area contributed by atoms with Crippen LogP contribution in [0.2, 0.25) is 0 Å². The zero-order valence-electron chi connectivity index (χ0n) is 9.89. The van der Waals surface area contributed by atoms with Crippen LogP contribution in [0.15, 0.2) is 22.8 Å². The smallest absolute Gasteiger partial charge is 0.118 e. The average molecular weight is 239 g/mol. The molecule has 2 nitrogen and oxygen atoms in total. The average Bonchev–Trinajstić information content (AvgIpc) is 2.80. The Hall–Kier alpha value is -0.410. The maximum atomic E-state index is 6.06. The van der Waals surface area contributed by atoms with Crippen molar-refractivity contribution in [3.63, 3.8) is 0 Å². The zero-order chi connectivity index (χ0) is 11.4. The molecule has 0 bridgehead atoms. The van der Waals surface area contributed by atoms with Crippen LogP contribution in [0.4, 0.5) is 0 Å². The van der Waals surface area contributed by atoms with Crippen molar-refractivity contribution in [3.8, 4) is 0 Å². The second kappa shape index (κ2) is 5.78. The maximum absolute atomic E-state index is 6.06. The summed E-state index contributed by atoms with van der Waals surface area (Å²) in [5, 5.41) is 1.09. The molecule has 1 aliphatic rings. The molecule has 1 saturated carbocycles. The van der Waals surface area contributed by atoms with E-state index < -0.39 is 0 Å². The normalized spacial score (nSPS) is 21.9. The van der Waals surface area contributed by atoms with E-state index in [2.05, 4.69) is 6.92 Å². The summed E-state index contributed by atoms with van der Waals surface area (Å²) in [4.78, 5) is 0. The molecule has 0 radical (unpaired) electrons. The van der Waals surface area contributed by atoms with Gasteiger partial charge in [-0.2, -0.15) is 0 Å². The molecule has 1 aromatic heterocycles. The minimum absolute atomic E-state index is 0.151. The quantitative estimate of drug-likeness (QED) is 0.870. The van der Waals surface area contributed by atoms with Gasteiger partial charge in [-0.05, 0) is 31.9 Å². The van der Waals surface area contributed by atoms with Crippen LogP contribution < -0.4 is 5.73 Å². The molecule has 1 aliphatic carbocycles. The van der Waals surface area contributed by atoms with Crippen molar-refractivity contribution in [1.82, 2.24) is 0 Å². The molecule has 2 atom stereocenters. The third kappa shape index (κ3) is 3.05. The molecule has 0 aliphatic heterocycles. The number of thioether (sulfide) groups is 1. The summed E-state index contributed by atoms with van der Waals surface area (Å²) in [5.74, 6) is 1.03. The van der Waals surface area contributed by atoms with E-state index in [1.54, 1.807) is 6.26 Å². The van der Waals surface area contributed by atoms with Crippen molar-refractivity contribution in [3.05, 3.63) is 24.2 Å². The zero-order valence-corrected chi connectivity index (χ0v) is 10.7. The molecule has 0 saturated heterocycles. The largest absolute Gasteiger partial charge is 0.468 e. The highest BCUT2D eigenvalue weighted by Gasteiger charge is 2.25. The molecule has 1 heterocycles. The van der Waals surface area contributed by atoms with Crippen LogP contribution in [0.5, 0.6) is 0 Å². The highest BCUT2D eigenvalue weighted by atomic mass is 32.2. The minimum atomic E-state index is 0.151. The van der Waals surface area contributed by atoms with Crippen molar-refractivity contribution in [2.45, 2.75) is 55.6 Å². The lowest BCUT2D eigenvalue weighted by Crippen LogP contribution is -2.24. The Morgan fingerprint density at radius 1 is 1.38 bits per heavy atom. The van der Waals surface area contributed by atoms with E-state index in [0.29, 0.717) is 5.25 Å². The van der Waals surface area contributed by atoms with Gasteiger partial charge >= 0.3 is 0 Å². The third-order valence-corrected chi connectivity index (χ3v) is 5.00. The Kier molecular flexibility index (Phi) is 4.36. The van der Waals surface area contributed by atoms with E-state index in [9.17, 15) is 0 Å². The fourth-order valence-electron chi connectivity index (χ4n) is 2.31. The van der Waals surface area contributed by atoms with E-state index in [1.807, 2.05) is 23.9 Å². The van der Waals surface area contributed by atoms with E-state index in [-0.39, 0.29) is 6.04 Å². The van der Waals surface area contributed by atoms with Gasteiger partial charge in [0.25, 0.3) is 0 Å².